The maximum absolute atomic E-state index is 12.7. The number of ketones is 1. The molecular weight excluding hydrogens is 400 g/mol. The summed E-state index contributed by atoms with van der Waals surface area (Å²) < 4.78 is 13.2. The van der Waals surface area contributed by atoms with E-state index in [9.17, 15) is 4.79 Å². The van der Waals surface area contributed by atoms with Crippen molar-refractivity contribution >= 4 is 11.9 Å². The lowest BCUT2D eigenvalue weighted by atomic mass is 10.0. The standard InChI is InChI=1S/C27H22N2O3/c1-19-7-9-20(10-8-19)24(30)13-11-22-18-29(23-5-3-2-4-6-23)28-27(22)21-12-14-25-26(17-21)32-16-15-31-25/h2-14,17-18H,15-16H2,1H3. The van der Waals surface area contributed by atoms with Crippen LogP contribution >= 0.6 is 0 Å². The monoisotopic (exact) mass is 422 g/mol. The normalized spacial score (nSPS) is 12.8. The highest BCUT2D eigenvalue weighted by atomic mass is 16.6. The Hall–Kier alpha value is -4.12. The van der Waals surface area contributed by atoms with Gasteiger partial charge < -0.3 is 9.47 Å². The maximum Gasteiger partial charge on any atom is 0.185 e. The molecule has 5 heteroatoms. The molecule has 2 heterocycles. The van der Waals surface area contributed by atoms with E-state index in [1.807, 2.05) is 96.7 Å². The van der Waals surface area contributed by atoms with Gasteiger partial charge in [-0.3, -0.25) is 4.79 Å². The van der Waals surface area contributed by atoms with Gasteiger partial charge in [0.2, 0.25) is 0 Å². The van der Waals surface area contributed by atoms with Gasteiger partial charge in [0.15, 0.2) is 17.3 Å². The minimum atomic E-state index is -0.0504. The van der Waals surface area contributed by atoms with Crippen LogP contribution in [0.15, 0.2) is 85.1 Å². The largest absolute Gasteiger partial charge is 0.486 e. The SMILES string of the molecule is Cc1ccc(C(=O)C=Cc2cn(-c3ccccc3)nc2-c2ccc3c(c2)OCCO3)cc1. The highest BCUT2D eigenvalue weighted by Gasteiger charge is 2.16. The molecule has 1 aliphatic rings. The first-order valence-corrected chi connectivity index (χ1v) is 10.5. The Labute approximate surface area is 186 Å². The highest BCUT2D eigenvalue weighted by molar-refractivity contribution is 6.07. The van der Waals surface area contributed by atoms with Crippen LogP contribution in [0.25, 0.3) is 23.0 Å². The van der Waals surface area contributed by atoms with Crippen molar-refractivity contribution in [2.45, 2.75) is 6.92 Å². The fourth-order valence-electron chi connectivity index (χ4n) is 3.62. The molecule has 0 bridgehead atoms. The van der Waals surface area contributed by atoms with Crippen LogP contribution in [0.2, 0.25) is 0 Å². The number of rotatable bonds is 5. The molecule has 0 radical (unpaired) electrons. The van der Waals surface area contributed by atoms with Crippen LogP contribution in [-0.4, -0.2) is 28.8 Å². The van der Waals surface area contributed by atoms with E-state index >= 15 is 0 Å². The highest BCUT2D eigenvalue weighted by Crippen LogP contribution is 2.35. The van der Waals surface area contributed by atoms with Gasteiger partial charge in [0.1, 0.15) is 18.9 Å². The average Bonchev–Trinajstić information content (AvgIpc) is 3.27. The number of carbonyl (C=O) groups excluding carboxylic acids is 1. The van der Waals surface area contributed by atoms with Crippen LogP contribution in [0.1, 0.15) is 21.5 Å². The van der Waals surface area contributed by atoms with Gasteiger partial charge in [-0.25, -0.2) is 4.68 Å². The Morgan fingerprint density at radius 1 is 0.938 bits per heavy atom. The number of ether oxygens (including phenoxy) is 2. The molecule has 0 amide bonds. The Balaban J connectivity index is 1.54. The molecule has 1 aliphatic heterocycles. The number of para-hydroxylation sites is 1. The second kappa shape index (κ2) is 8.55. The van der Waals surface area contributed by atoms with Crippen molar-refractivity contribution in [2.75, 3.05) is 13.2 Å². The van der Waals surface area contributed by atoms with Crippen molar-refractivity contribution in [1.82, 2.24) is 9.78 Å². The summed E-state index contributed by atoms with van der Waals surface area (Å²) in [5.41, 5.74) is 5.21. The molecule has 0 spiro atoms. The summed E-state index contributed by atoms with van der Waals surface area (Å²) >= 11 is 0. The zero-order chi connectivity index (χ0) is 21.9. The van der Waals surface area contributed by atoms with Crippen molar-refractivity contribution in [3.8, 4) is 28.4 Å². The lowest BCUT2D eigenvalue weighted by molar-refractivity contribution is 0.104. The first-order valence-electron chi connectivity index (χ1n) is 10.5. The summed E-state index contributed by atoms with van der Waals surface area (Å²) in [5, 5.41) is 4.82. The van der Waals surface area contributed by atoms with E-state index < -0.39 is 0 Å². The molecule has 5 nitrogen and oxygen atoms in total. The van der Waals surface area contributed by atoms with E-state index in [-0.39, 0.29) is 5.78 Å². The second-order valence-electron chi connectivity index (χ2n) is 7.64. The summed E-state index contributed by atoms with van der Waals surface area (Å²) in [6.45, 7) is 3.07. The number of hydrogen-bond acceptors (Lipinski definition) is 4. The van der Waals surface area contributed by atoms with Gasteiger partial charge in [-0.1, -0.05) is 48.0 Å². The van der Waals surface area contributed by atoms with Crippen molar-refractivity contribution < 1.29 is 14.3 Å². The van der Waals surface area contributed by atoms with Crippen molar-refractivity contribution in [2.24, 2.45) is 0 Å². The fraction of sp³-hybridized carbons (Fsp3) is 0.111. The van der Waals surface area contributed by atoms with E-state index in [0.29, 0.717) is 24.5 Å². The number of allylic oxidation sites excluding steroid dienone is 1. The van der Waals surface area contributed by atoms with E-state index in [0.717, 1.165) is 33.8 Å². The quantitative estimate of drug-likeness (QED) is 0.314. The van der Waals surface area contributed by atoms with Gasteiger partial charge in [-0.15, -0.1) is 0 Å². The number of hydrogen-bond donors (Lipinski definition) is 0. The third-order valence-corrected chi connectivity index (χ3v) is 5.33. The van der Waals surface area contributed by atoms with Crippen LogP contribution in [0.3, 0.4) is 0 Å². The molecule has 5 rings (SSSR count). The van der Waals surface area contributed by atoms with Gasteiger partial charge in [-0.05, 0) is 49.4 Å². The number of aryl methyl sites for hydroxylation is 1. The van der Waals surface area contributed by atoms with Gasteiger partial charge in [-0.2, -0.15) is 5.10 Å². The average molecular weight is 422 g/mol. The van der Waals surface area contributed by atoms with Gasteiger partial charge in [0, 0.05) is 22.9 Å². The van der Waals surface area contributed by atoms with E-state index in [2.05, 4.69) is 0 Å². The molecule has 0 aliphatic carbocycles. The molecule has 32 heavy (non-hydrogen) atoms. The molecule has 0 saturated carbocycles. The first kappa shape index (κ1) is 19.8. The molecule has 0 fully saturated rings. The topological polar surface area (TPSA) is 53.4 Å². The molecule has 1 aromatic heterocycles. The second-order valence-corrected chi connectivity index (χ2v) is 7.64. The van der Waals surface area contributed by atoms with E-state index in [1.54, 1.807) is 6.08 Å². The molecule has 0 saturated heterocycles. The van der Waals surface area contributed by atoms with E-state index in [1.165, 1.54) is 0 Å². The van der Waals surface area contributed by atoms with Crippen LogP contribution < -0.4 is 9.47 Å². The number of benzene rings is 3. The van der Waals surface area contributed by atoms with E-state index in [4.69, 9.17) is 14.6 Å². The summed E-state index contributed by atoms with van der Waals surface area (Å²) in [7, 11) is 0. The Morgan fingerprint density at radius 2 is 1.69 bits per heavy atom. The summed E-state index contributed by atoms with van der Waals surface area (Å²) in [6.07, 6.45) is 5.35. The van der Waals surface area contributed by atoms with Crippen molar-refractivity contribution in [3.63, 3.8) is 0 Å². The number of fused-ring (bicyclic) bond motifs is 1. The van der Waals surface area contributed by atoms with Crippen molar-refractivity contribution in [1.29, 1.82) is 0 Å². The third kappa shape index (κ3) is 4.05. The molecule has 158 valence electrons. The molecule has 0 unspecified atom stereocenters. The summed E-state index contributed by atoms with van der Waals surface area (Å²) in [5.74, 6) is 1.38. The molecule has 3 aromatic carbocycles. The smallest absolute Gasteiger partial charge is 0.185 e. The lowest BCUT2D eigenvalue weighted by Crippen LogP contribution is -2.15. The zero-order valence-electron chi connectivity index (χ0n) is 17.7. The Morgan fingerprint density at radius 3 is 2.47 bits per heavy atom. The van der Waals surface area contributed by atoms with Crippen molar-refractivity contribution in [3.05, 3.63) is 102 Å². The number of nitrogens with zero attached hydrogens (tertiary/aromatic N) is 2. The maximum atomic E-state index is 12.7. The van der Waals surface area contributed by atoms with Crippen LogP contribution in [-0.2, 0) is 0 Å². The minimum Gasteiger partial charge on any atom is -0.486 e. The predicted molar refractivity (Wildman–Crippen MR) is 125 cm³/mol. The van der Waals surface area contributed by atoms with Gasteiger partial charge >= 0.3 is 0 Å². The van der Waals surface area contributed by atoms with Crippen LogP contribution in [0.5, 0.6) is 11.5 Å². The third-order valence-electron chi connectivity index (χ3n) is 5.33. The predicted octanol–water partition coefficient (Wildman–Crippen LogP) is 5.52. The molecule has 4 aromatic rings. The summed E-state index contributed by atoms with van der Waals surface area (Å²) in [4.78, 5) is 12.7. The fourth-order valence-corrected chi connectivity index (χ4v) is 3.62. The minimum absolute atomic E-state index is 0.0504. The number of aromatic nitrogens is 2. The molecule has 0 N–H and O–H groups in total. The zero-order valence-corrected chi connectivity index (χ0v) is 17.7. The first-order chi connectivity index (χ1) is 15.7. The van der Waals surface area contributed by atoms with Crippen LogP contribution in [0, 0.1) is 6.92 Å². The Bertz CT molecular complexity index is 1290. The van der Waals surface area contributed by atoms with Crippen LogP contribution in [0.4, 0.5) is 0 Å². The lowest BCUT2D eigenvalue weighted by Gasteiger charge is -2.18. The summed E-state index contributed by atoms with van der Waals surface area (Å²) in [6, 6.07) is 23.3. The van der Waals surface area contributed by atoms with Gasteiger partial charge in [0.05, 0.1) is 5.69 Å². The molecule has 0 atom stereocenters. The number of carbonyl (C=O) groups is 1. The Kier molecular flexibility index (Phi) is 5.30. The van der Waals surface area contributed by atoms with Gasteiger partial charge in [0.25, 0.3) is 0 Å². The molecular formula is C27H22N2O3.